The van der Waals surface area contributed by atoms with E-state index in [1.165, 1.54) is 6.92 Å². The molecule has 0 bridgehead atoms. The number of aliphatic hydroxyl groups is 2. The first-order valence-electron chi connectivity index (χ1n) is 5.88. The average Bonchev–Trinajstić information content (AvgIpc) is 2.54. The zero-order chi connectivity index (χ0) is 13.2. The van der Waals surface area contributed by atoms with E-state index in [9.17, 15) is 20.3 Å². The van der Waals surface area contributed by atoms with E-state index in [4.69, 9.17) is 9.31 Å². The summed E-state index contributed by atoms with van der Waals surface area (Å²) in [4.78, 5) is 1.06. The zero-order valence-electron chi connectivity index (χ0n) is 10.4. The third kappa shape index (κ3) is 3.89. The lowest BCUT2D eigenvalue weighted by molar-refractivity contribution is -0.881. The van der Waals surface area contributed by atoms with E-state index < -0.39 is 31.4 Å². The highest BCUT2D eigenvalue weighted by atomic mass is 16.8. The van der Waals surface area contributed by atoms with Crippen molar-refractivity contribution in [3.05, 3.63) is 0 Å². The summed E-state index contributed by atoms with van der Waals surface area (Å²) >= 11 is 0. The van der Waals surface area contributed by atoms with Crippen LogP contribution in [0.4, 0.5) is 0 Å². The summed E-state index contributed by atoms with van der Waals surface area (Å²) in [5.74, 6) is 0. The Kier molecular flexibility index (Phi) is 4.90. The van der Waals surface area contributed by atoms with Crippen molar-refractivity contribution in [2.45, 2.75) is 38.3 Å². The van der Waals surface area contributed by atoms with Crippen LogP contribution in [0, 0.1) is 0 Å². The summed E-state index contributed by atoms with van der Waals surface area (Å²) in [5, 5.41) is 38.0. The fourth-order valence-corrected chi connectivity index (χ4v) is 1.91. The lowest BCUT2D eigenvalue weighted by Crippen LogP contribution is -3.10. The van der Waals surface area contributed by atoms with Crippen LogP contribution >= 0.6 is 0 Å². The number of nitrogens with one attached hydrogen (secondary N) is 1. The molecule has 0 spiro atoms. The van der Waals surface area contributed by atoms with Gasteiger partial charge in [-0.1, -0.05) is 0 Å². The molecule has 1 rings (SSSR count). The Hall–Kier alpha value is -0.215. The summed E-state index contributed by atoms with van der Waals surface area (Å²) in [6.07, 6.45) is -3.77. The lowest BCUT2D eigenvalue weighted by Gasteiger charge is -2.28. The van der Waals surface area contributed by atoms with Crippen LogP contribution in [0.5, 0.6) is 0 Å². The highest BCUT2D eigenvalue weighted by Gasteiger charge is 2.46. The molecule has 0 aromatic carbocycles. The Balaban J connectivity index is 2.66. The molecule has 0 aliphatic carbocycles. The molecule has 0 saturated carbocycles. The first-order chi connectivity index (χ1) is 7.76. The van der Waals surface area contributed by atoms with Gasteiger partial charge in [-0.2, -0.15) is 0 Å². The Bertz CT molecular complexity index is 252. The van der Waals surface area contributed by atoms with Crippen LogP contribution in [0.15, 0.2) is 0 Å². The van der Waals surface area contributed by atoms with Crippen molar-refractivity contribution >= 4 is 6.96 Å². The van der Waals surface area contributed by atoms with Gasteiger partial charge >= 0.3 is 6.96 Å². The highest BCUT2D eigenvalue weighted by Crippen LogP contribution is 2.25. The van der Waals surface area contributed by atoms with Gasteiger partial charge in [-0.25, -0.2) is 0 Å². The van der Waals surface area contributed by atoms with Crippen LogP contribution < -0.4 is 4.90 Å². The Morgan fingerprint density at radius 2 is 1.76 bits per heavy atom. The summed E-state index contributed by atoms with van der Waals surface area (Å²) in [5.41, 5.74) is 0. The van der Waals surface area contributed by atoms with E-state index in [-0.39, 0.29) is 0 Å². The molecule has 7 nitrogen and oxygen atoms in total. The second-order valence-electron chi connectivity index (χ2n) is 4.66. The van der Waals surface area contributed by atoms with Crippen molar-refractivity contribution in [2.75, 3.05) is 20.1 Å². The first kappa shape index (κ1) is 14.8. The molecule has 1 aliphatic heterocycles. The lowest BCUT2D eigenvalue weighted by atomic mass is 10.0. The first-order valence-corrected chi connectivity index (χ1v) is 5.88. The number of likely N-dealkylation sites (N-methyl/N-ethyl adjacent to an activating group) is 1. The molecule has 0 amide bonds. The summed E-state index contributed by atoms with van der Waals surface area (Å²) in [6, 6.07) is 0. The van der Waals surface area contributed by atoms with Gasteiger partial charge in [-0.05, 0) is 13.8 Å². The minimum Gasteiger partial charge on any atom is -0.533 e. The van der Waals surface area contributed by atoms with Crippen molar-refractivity contribution in [2.24, 2.45) is 0 Å². The molecule has 5 N–H and O–H groups in total. The molecule has 1 fully saturated rings. The van der Waals surface area contributed by atoms with Gasteiger partial charge in [0, 0.05) is 0 Å². The fraction of sp³-hybridized carbons (Fsp3) is 1.00. The Morgan fingerprint density at radius 3 is 2.24 bits per heavy atom. The van der Waals surface area contributed by atoms with Gasteiger partial charge in [-0.3, -0.25) is 0 Å². The van der Waals surface area contributed by atoms with E-state index in [0.717, 1.165) is 11.4 Å². The van der Waals surface area contributed by atoms with Gasteiger partial charge in [0.05, 0.1) is 31.9 Å². The van der Waals surface area contributed by atoms with Gasteiger partial charge in [-0.15, -0.1) is 0 Å². The quantitative estimate of drug-likeness (QED) is 0.324. The molecule has 8 heteroatoms. The van der Waals surface area contributed by atoms with E-state index in [0.29, 0.717) is 6.54 Å². The number of rotatable bonds is 5. The van der Waals surface area contributed by atoms with Crippen LogP contribution in [0.3, 0.4) is 0 Å². The number of aliphatic hydroxyl groups excluding tert-OH is 2. The third-order valence-corrected chi connectivity index (χ3v) is 3.01. The summed E-state index contributed by atoms with van der Waals surface area (Å²) in [6.45, 7) is 1.21. The number of quaternary nitrogens is 1. The molecule has 0 aromatic rings. The van der Waals surface area contributed by atoms with Crippen LogP contribution in [-0.4, -0.2) is 71.8 Å². The summed E-state index contributed by atoms with van der Waals surface area (Å²) in [7, 11) is 1.90. The fourth-order valence-electron chi connectivity index (χ4n) is 1.91. The number of hydrogen-bond acceptors (Lipinski definition) is 6. The molecule has 0 radical (unpaired) electrons. The van der Waals surface area contributed by atoms with Crippen molar-refractivity contribution < 1.29 is 34.5 Å². The minimum atomic E-state index is -3.39. The SMILES string of the molecule is CC[NH+](C)CC(O)C1O[B-](O)(O)OC1C(C)O. The number of hydrogen-bond donors (Lipinski definition) is 5. The second-order valence-corrected chi connectivity index (χ2v) is 4.66. The normalized spacial score (nSPS) is 33.4. The van der Waals surface area contributed by atoms with Crippen LogP contribution in [0.1, 0.15) is 13.8 Å². The molecular formula is C9H22BNO6. The van der Waals surface area contributed by atoms with E-state index in [2.05, 4.69) is 0 Å². The smallest absolute Gasteiger partial charge is 0.527 e. The molecule has 5 atom stereocenters. The Labute approximate surface area is 101 Å². The molecule has 5 unspecified atom stereocenters. The highest BCUT2D eigenvalue weighted by molar-refractivity contribution is 6.51. The van der Waals surface area contributed by atoms with Gasteiger partial charge in [0.15, 0.2) is 0 Å². The minimum absolute atomic E-state index is 0.375. The molecule has 0 aromatic heterocycles. The van der Waals surface area contributed by atoms with Gasteiger partial charge in [0.2, 0.25) is 0 Å². The third-order valence-electron chi connectivity index (χ3n) is 3.01. The van der Waals surface area contributed by atoms with Crippen LogP contribution in [0.25, 0.3) is 0 Å². The largest absolute Gasteiger partial charge is 0.533 e. The predicted octanol–water partition coefficient (Wildman–Crippen LogP) is -3.53. The molecule has 1 heterocycles. The predicted molar refractivity (Wildman–Crippen MR) is 59.9 cm³/mol. The van der Waals surface area contributed by atoms with Crippen molar-refractivity contribution in [1.82, 2.24) is 0 Å². The summed E-state index contributed by atoms with van der Waals surface area (Å²) < 4.78 is 9.65. The van der Waals surface area contributed by atoms with Crippen molar-refractivity contribution in [3.63, 3.8) is 0 Å². The molecule has 17 heavy (non-hydrogen) atoms. The average molecular weight is 251 g/mol. The maximum absolute atomic E-state index is 9.95. The monoisotopic (exact) mass is 251 g/mol. The molecule has 1 saturated heterocycles. The maximum Gasteiger partial charge on any atom is 0.527 e. The van der Waals surface area contributed by atoms with Crippen molar-refractivity contribution in [3.8, 4) is 0 Å². The van der Waals surface area contributed by atoms with Crippen LogP contribution in [-0.2, 0) is 9.31 Å². The van der Waals surface area contributed by atoms with Gasteiger partial charge < -0.3 is 34.5 Å². The van der Waals surface area contributed by atoms with Crippen molar-refractivity contribution in [1.29, 1.82) is 0 Å². The second kappa shape index (κ2) is 5.62. The maximum atomic E-state index is 9.95. The van der Waals surface area contributed by atoms with Crippen LogP contribution in [0.2, 0.25) is 0 Å². The molecule has 102 valence electrons. The van der Waals surface area contributed by atoms with Gasteiger partial charge in [0.1, 0.15) is 12.6 Å². The van der Waals surface area contributed by atoms with E-state index in [1.807, 2.05) is 14.0 Å². The topological polar surface area (TPSA) is 104 Å². The molecular weight excluding hydrogens is 229 g/mol. The Morgan fingerprint density at radius 1 is 1.24 bits per heavy atom. The molecule has 1 aliphatic rings. The van der Waals surface area contributed by atoms with Gasteiger partial charge in [0.25, 0.3) is 0 Å². The van der Waals surface area contributed by atoms with E-state index in [1.54, 1.807) is 0 Å². The standard InChI is InChI=1S/C9H21BNO6/c1-4-11(3)5-7(13)9-8(6(2)12)16-10(14,15)17-9/h6-9,12-15H,4-5H2,1-3H3/q-1/p+1. The van der Waals surface area contributed by atoms with E-state index >= 15 is 0 Å². The zero-order valence-corrected chi connectivity index (χ0v) is 10.4.